The molecule has 0 heterocycles. The maximum Gasteiger partial charge on any atom is 0.304 e. The van der Waals surface area contributed by atoms with Crippen molar-refractivity contribution < 1.29 is 14.7 Å². The fourth-order valence-corrected chi connectivity index (χ4v) is 2.16. The van der Waals surface area contributed by atoms with Crippen LogP contribution in [0.15, 0.2) is 12.2 Å². The molecule has 1 amide bonds. The quantitative estimate of drug-likeness (QED) is 0.277. The summed E-state index contributed by atoms with van der Waals surface area (Å²) in [7, 11) is 0. The van der Waals surface area contributed by atoms with Gasteiger partial charge in [0.1, 0.15) is 0 Å². The number of thiol groups is 1. The molecule has 1 unspecified atom stereocenters. The largest absolute Gasteiger partial charge is 0.481 e. The summed E-state index contributed by atoms with van der Waals surface area (Å²) in [5.41, 5.74) is 0. The second-order valence-electron chi connectivity index (χ2n) is 5.20. The van der Waals surface area contributed by atoms with E-state index in [4.69, 9.17) is 5.11 Å². The van der Waals surface area contributed by atoms with Crippen molar-refractivity contribution in [2.45, 2.75) is 58.3 Å². The molecule has 4 nitrogen and oxygen atoms in total. The molecule has 0 radical (unpaired) electrons. The fraction of sp³-hybridized carbons (Fsp3) is 0.750. The van der Waals surface area contributed by atoms with Crippen molar-refractivity contribution in [2.75, 3.05) is 12.3 Å². The van der Waals surface area contributed by atoms with E-state index < -0.39 is 11.9 Å². The number of carboxylic acid groups (broad SMARTS) is 1. The lowest BCUT2D eigenvalue weighted by atomic mass is 10.0. The van der Waals surface area contributed by atoms with Gasteiger partial charge in [-0.1, -0.05) is 51.2 Å². The van der Waals surface area contributed by atoms with Gasteiger partial charge in [-0.3, -0.25) is 9.59 Å². The van der Waals surface area contributed by atoms with Crippen molar-refractivity contribution in [3.05, 3.63) is 12.2 Å². The Bertz CT molecular complexity index is 319. The van der Waals surface area contributed by atoms with Gasteiger partial charge in [-0.05, 0) is 12.8 Å². The summed E-state index contributed by atoms with van der Waals surface area (Å²) in [5.74, 6) is -1.22. The third kappa shape index (κ3) is 12.5. The Morgan fingerprint density at radius 3 is 2.48 bits per heavy atom. The summed E-state index contributed by atoms with van der Waals surface area (Å²) in [6, 6.07) is 0. The zero-order chi connectivity index (χ0) is 15.9. The molecule has 0 aromatic rings. The molecule has 1 atom stereocenters. The van der Waals surface area contributed by atoms with Crippen LogP contribution in [0.1, 0.15) is 58.3 Å². The van der Waals surface area contributed by atoms with Gasteiger partial charge in [0, 0.05) is 12.3 Å². The molecule has 122 valence electrons. The molecule has 0 aliphatic rings. The first-order valence-electron chi connectivity index (χ1n) is 7.88. The molecule has 21 heavy (non-hydrogen) atoms. The van der Waals surface area contributed by atoms with Gasteiger partial charge in [0.2, 0.25) is 5.91 Å². The average molecular weight is 315 g/mol. The Hall–Kier alpha value is -0.970. The molecule has 0 spiro atoms. The van der Waals surface area contributed by atoms with E-state index in [1.54, 1.807) is 6.08 Å². The molecule has 0 rings (SSSR count). The molecule has 0 aliphatic heterocycles. The fourth-order valence-electron chi connectivity index (χ4n) is 2.05. The normalized spacial score (nSPS) is 12.5. The SMILES string of the molecule is CCCCCCCCC=CC(CC(=O)O)C(=O)NCCS. The second kappa shape index (κ2) is 14.0. The van der Waals surface area contributed by atoms with Crippen LogP contribution in [-0.2, 0) is 9.59 Å². The lowest BCUT2D eigenvalue weighted by Crippen LogP contribution is -2.32. The Morgan fingerprint density at radius 1 is 1.19 bits per heavy atom. The summed E-state index contributed by atoms with van der Waals surface area (Å²) in [4.78, 5) is 22.6. The van der Waals surface area contributed by atoms with E-state index >= 15 is 0 Å². The number of aliphatic carboxylic acids is 1. The average Bonchev–Trinajstić information content (AvgIpc) is 2.45. The molecule has 5 heteroatoms. The molecule has 2 N–H and O–H groups in total. The molecule has 0 aromatic heterocycles. The van der Waals surface area contributed by atoms with Crippen molar-refractivity contribution in [1.82, 2.24) is 5.32 Å². The number of allylic oxidation sites excluding steroid dienone is 1. The summed E-state index contributed by atoms with van der Waals surface area (Å²) < 4.78 is 0. The first-order valence-corrected chi connectivity index (χ1v) is 8.52. The lowest BCUT2D eigenvalue weighted by Gasteiger charge is -2.10. The van der Waals surface area contributed by atoms with Crippen LogP contribution >= 0.6 is 12.6 Å². The van der Waals surface area contributed by atoms with E-state index in [1.165, 1.54) is 32.1 Å². The highest BCUT2D eigenvalue weighted by atomic mass is 32.1. The zero-order valence-corrected chi connectivity index (χ0v) is 13.9. The van der Waals surface area contributed by atoms with Crippen LogP contribution < -0.4 is 5.32 Å². The van der Waals surface area contributed by atoms with Crippen LogP contribution in [0.25, 0.3) is 0 Å². The lowest BCUT2D eigenvalue weighted by molar-refractivity contribution is -0.140. The van der Waals surface area contributed by atoms with E-state index in [1.807, 2.05) is 6.08 Å². The number of amides is 1. The summed E-state index contributed by atoms with van der Waals surface area (Å²) in [6.45, 7) is 2.66. The molecule has 0 aliphatic carbocycles. The Labute approximate surface area is 133 Å². The van der Waals surface area contributed by atoms with Crippen LogP contribution in [-0.4, -0.2) is 29.3 Å². The molecule has 0 bridgehead atoms. The highest BCUT2D eigenvalue weighted by molar-refractivity contribution is 7.80. The molecule has 0 aromatic carbocycles. The molecular weight excluding hydrogens is 286 g/mol. The molecule has 0 saturated heterocycles. The van der Waals surface area contributed by atoms with Crippen molar-refractivity contribution >= 4 is 24.5 Å². The number of carboxylic acids is 1. The van der Waals surface area contributed by atoms with Gasteiger partial charge in [-0.15, -0.1) is 0 Å². The second-order valence-corrected chi connectivity index (χ2v) is 5.65. The highest BCUT2D eigenvalue weighted by Gasteiger charge is 2.17. The minimum absolute atomic E-state index is 0.161. The van der Waals surface area contributed by atoms with Crippen molar-refractivity contribution in [3.8, 4) is 0 Å². The number of carbonyl (C=O) groups is 2. The van der Waals surface area contributed by atoms with Gasteiger partial charge in [0.25, 0.3) is 0 Å². The minimum Gasteiger partial charge on any atom is -0.481 e. The van der Waals surface area contributed by atoms with E-state index in [2.05, 4.69) is 24.9 Å². The summed E-state index contributed by atoms with van der Waals surface area (Å²) in [6.07, 6.45) is 11.8. The van der Waals surface area contributed by atoms with Gasteiger partial charge in [-0.25, -0.2) is 0 Å². The standard InChI is InChI=1S/C16H29NO3S/c1-2-3-4-5-6-7-8-9-10-14(13-15(18)19)16(20)17-11-12-21/h9-10,14,21H,2-8,11-13H2,1H3,(H,17,20)(H,18,19). The van der Waals surface area contributed by atoms with E-state index in [0.717, 1.165) is 12.8 Å². The van der Waals surface area contributed by atoms with Gasteiger partial charge >= 0.3 is 5.97 Å². The maximum absolute atomic E-state index is 11.8. The van der Waals surface area contributed by atoms with Crippen LogP contribution in [0.2, 0.25) is 0 Å². The highest BCUT2D eigenvalue weighted by Crippen LogP contribution is 2.10. The summed E-state index contributed by atoms with van der Waals surface area (Å²) >= 11 is 4.02. The summed E-state index contributed by atoms with van der Waals surface area (Å²) in [5, 5.41) is 11.5. The van der Waals surface area contributed by atoms with Crippen LogP contribution in [0.5, 0.6) is 0 Å². The Morgan fingerprint density at radius 2 is 1.86 bits per heavy atom. The van der Waals surface area contributed by atoms with Gasteiger partial charge in [-0.2, -0.15) is 12.6 Å². The van der Waals surface area contributed by atoms with E-state index in [0.29, 0.717) is 12.3 Å². The molecular formula is C16H29NO3S. The van der Waals surface area contributed by atoms with Crippen molar-refractivity contribution in [1.29, 1.82) is 0 Å². The number of nitrogens with one attached hydrogen (secondary N) is 1. The molecule has 0 fully saturated rings. The van der Waals surface area contributed by atoms with Crippen molar-refractivity contribution in [3.63, 3.8) is 0 Å². The van der Waals surface area contributed by atoms with Crippen LogP contribution in [0.4, 0.5) is 0 Å². The van der Waals surface area contributed by atoms with Crippen LogP contribution in [0, 0.1) is 5.92 Å². The van der Waals surface area contributed by atoms with E-state index in [9.17, 15) is 9.59 Å². The zero-order valence-electron chi connectivity index (χ0n) is 13.0. The Kier molecular flexibility index (Phi) is 13.3. The van der Waals surface area contributed by atoms with Gasteiger partial charge in [0.05, 0.1) is 12.3 Å². The van der Waals surface area contributed by atoms with Gasteiger partial charge < -0.3 is 10.4 Å². The monoisotopic (exact) mass is 315 g/mol. The number of hydrogen-bond acceptors (Lipinski definition) is 3. The third-order valence-corrected chi connectivity index (χ3v) is 3.46. The first-order chi connectivity index (χ1) is 10.1. The molecule has 0 saturated carbocycles. The number of hydrogen-bond donors (Lipinski definition) is 3. The predicted molar refractivity (Wildman–Crippen MR) is 89.7 cm³/mol. The smallest absolute Gasteiger partial charge is 0.304 e. The van der Waals surface area contributed by atoms with Crippen molar-refractivity contribution in [2.24, 2.45) is 5.92 Å². The minimum atomic E-state index is -0.953. The number of unbranched alkanes of at least 4 members (excludes halogenated alkanes) is 6. The van der Waals surface area contributed by atoms with Crippen LogP contribution in [0.3, 0.4) is 0 Å². The number of rotatable bonds is 13. The first kappa shape index (κ1) is 20.0. The van der Waals surface area contributed by atoms with E-state index in [-0.39, 0.29) is 12.3 Å². The predicted octanol–water partition coefficient (Wildman–Crippen LogP) is 3.43. The number of carbonyl (C=O) groups excluding carboxylic acids is 1. The topological polar surface area (TPSA) is 66.4 Å². The Balaban J connectivity index is 4.00. The third-order valence-electron chi connectivity index (χ3n) is 3.24. The maximum atomic E-state index is 11.8. The van der Waals surface area contributed by atoms with Gasteiger partial charge in [0.15, 0.2) is 0 Å².